The zero-order valence-corrected chi connectivity index (χ0v) is 12.5. The molecule has 1 unspecified atom stereocenters. The molecule has 1 rings (SSSR count). The van der Waals surface area contributed by atoms with E-state index in [4.69, 9.17) is 0 Å². The fraction of sp³-hybridized carbons (Fsp3) is 0.471. The Labute approximate surface area is 125 Å². The molecule has 0 bridgehead atoms. The summed E-state index contributed by atoms with van der Waals surface area (Å²) in [7, 11) is 0. The normalized spacial score (nSPS) is 11.7. The minimum absolute atomic E-state index is 0.0131. The van der Waals surface area contributed by atoms with Gasteiger partial charge in [-0.25, -0.2) is 0 Å². The van der Waals surface area contributed by atoms with Crippen LogP contribution in [-0.4, -0.2) is 24.5 Å². The van der Waals surface area contributed by atoms with Gasteiger partial charge in [0.05, 0.1) is 0 Å². The average molecular weight is 289 g/mol. The summed E-state index contributed by atoms with van der Waals surface area (Å²) in [5, 5.41) is 2.85. The summed E-state index contributed by atoms with van der Waals surface area (Å²) in [5.41, 5.74) is 1.14. The van der Waals surface area contributed by atoms with Crippen LogP contribution in [0.4, 0.5) is 0 Å². The third kappa shape index (κ3) is 7.40. The van der Waals surface area contributed by atoms with Crippen molar-refractivity contribution in [2.75, 3.05) is 6.54 Å². The maximum Gasteiger partial charge on any atom is 0.223 e. The van der Waals surface area contributed by atoms with Gasteiger partial charge in [-0.2, -0.15) is 0 Å². The first kappa shape index (κ1) is 17.1. The Morgan fingerprint density at radius 3 is 2.57 bits per heavy atom. The Morgan fingerprint density at radius 1 is 1.19 bits per heavy atom. The lowest BCUT2D eigenvalue weighted by atomic mass is 10.0. The van der Waals surface area contributed by atoms with E-state index in [1.165, 1.54) is 0 Å². The predicted molar refractivity (Wildman–Crippen MR) is 81.9 cm³/mol. The van der Waals surface area contributed by atoms with E-state index in [1.54, 1.807) is 0 Å². The quantitative estimate of drug-likeness (QED) is 0.531. The number of hydrogen-bond donors (Lipinski definition) is 1. The summed E-state index contributed by atoms with van der Waals surface area (Å²) in [4.78, 5) is 33.4. The van der Waals surface area contributed by atoms with E-state index in [2.05, 4.69) is 5.32 Å². The molecule has 1 atom stereocenters. The molecule has 4 heteroatoms. The van der Waals surface area contributed by atoms with Crippen LogP contribution >= 0.6 is 0 Å². The summed E-state index contributed by atoms with van der Waals surface area (Å²) in [6.07, 6.45) is 3.11. The number of benzene rings is 1. The number of nitrogens with one attached hydrogen (secondary N) is 1. The molecule has 0 spiro atoms. The van der Waals surface area contributed by atoms with Gasteiger partial charge in [-0.15, -0.1) is 0 Å². The minimum atomic E-state index is -0.0850. The molecule has 0 heterocycles. The second-order valence-corrected chi connectivity index (χ2v) is 5.23. The number of rotatable bonds is 10. The van der Waals surface area contributed by atoms with Crippen LogP contribution < -0.4 is 5.32 Å². The van der Waals surface area contributed by atoms with Crippen molar-refractivity contribution in [3.05, 3.63) is 35.9 Å². The Morgan fingerprint density at radius 2 is 1.90 bits per heavy atom. The standard InChI is InChI=1S/C17H23NO3/c1-14(13-15-7-3-2-4-8-15)17(21)18-11-5-9-16(20)10-6-12-19/h2-4,7-8,12,14H,5-6,9-11,13H2,1H3,(H,18,21). The van der Waals surface area contributed by atoms with E-state index in [0.29, 0.717) is 38.6 Å². The minimum Gasteiger partial charge on any atom is -0.356 e. The van der Waals surface area contributed by atoms with E-state index in [0.717, 1.165) is 11.8 Å². The van der Waals surface area contributed by atoms with Gasteiger partial charge < -0.3 is 10.1 Å². The van der Waals surface area contributed by atoms with Crippen LogP contribution in [0.5, 0.6) is 0 Å². The summed E-state index contributed by atoms with van der Waals surface area (Å²) >= 11 is 0. The Bertz CT molecular complexity index is 456. The predicted octanol–water partition coefficient (Wildman–Crippen LogP) is 2.31. The molecule has 1 amide bonds. The highest BCUT2D eigenvalue weighted by Gasteiger charge is 2.12. The van der Waals surface area contributed by atoms with Gasteiger partial charge in [0.15, 0.2) is 0 Å². The molecule has 1 aromatic carbocycles. The van der Waals surface area contributed by atoms with Crippen molar-refractivity contribution < 1.29 is 14.4 Å². The first-order valence-electron chi connectivity index (χ1n) is 7.40. The molecular weight excluding hydrogens is 266 g/mol. The van der Waals surface area contributed by atoms with E-state index in [-0.39, 0.29) is 17.6 Å². The van der Waals surface area contributed by atoms with Crippen LogP contribution in [0.25, 0.3) is 0 Å². The third-order valence-corrected chi connectivity index (χ3v) is 3.30. The Balaban J connectivity index is 2.18. The first-order valence-corrected chi connectivity index (χ1v) is 7.40. The van der Waals surface area contributed by atoms with Crippen LogP contribution in [0, 0.1) is 5.92 Å². The number of ketones is 1. The average Bonchev–Trinajstić information content (AvgIpc) is 2.50. The molecule has 1 aromatic rings. The third-order valence-electron chi connectivity index (χ3n) is 3.30. The highest BCUT2D eigenvalue weighted by Crippen LogP contribution is 2.08. The van der Waals surface area contributed by atoms with Crippen LogP contribution in [0.2, 0.25) is 0 Å². The van der Waals surface area contributed by atoms with Gasteiger partial charge in [-0.1, -0.05) is 37.3 Å². The zero-order valence-electron chi connectivity index (χ0n) is 12.5. The van der Waals surface area contributed by atoms with Crippen molar-refractivity contribution in [3.8, 4) is 0 Å². The summed E-state index contributed by atoms with van der Waals surface area (Å²) in [6, 6.07) is 9.90. The molecule has 0 aliphatic heterocycles. The van der Waals surface area contributed by atoms with Crippen molar-refractivity contribution in [3.63, 3.8) is 0 Å². The van der Waals surface area contributed by atoms with Gasteiger partial charge >= 0.3 is 0 Å². The van der Waals surface area contributed by atoms with Crippen LogP contribution in [-0.2, 0) is 20.8 Å². The number of aldehydes is 1. The van der Waals surface area contributed by atoms with Gasteiger partial charge in [0.2, 0.25) is 5.91 Å². The van der Waals surface area contributed by atoms with E-state index < -0.39 is 0 Å². The van der Waals surface area contributed by atoms with E-state index in [9.17, 15) is 14.4 Å². The number of carbonyl (C=O) groups is 3. The van der Waals surface area contributed by atoms with Gasteiger partial charge in [0.25, 0.3) is 0 Å². The maximum atomic E-state index is 11.9. The number of carbonyl (C=O) groups excluding carboxylic acids is 3. The molecule has 21 heavy (non-hydrogen) atoms. The summed E-state index contributed by atoms with van der Waals surface area (Å²) in [6.45, 7) is 2.41. The van der Waals surface area contributed by atoms with Gasteiger partial charge in [-0.05, 0) is 18.4 Å². The van der Waals surface area contributed by atoms with Crippen molar-refractivity contribution in [1.29, 1.82) is 0 Å². The largest absolute Gasteiger partial charge is 0.356 e. The molecule has 114 valence electrons. The van der Waals surface area contributed by atoms with Gasteiger partial charge in [0.1, 0.15) is 12.1 Å². The fourth-order valence-corrected chi connectivity index (χ4v) is 2.08. The Kier molecular flexibility index (Phi) is 8.02. The van der Waals surface area contributed by atoms with E-state index >= 15 is 0 Å². The second-order valence-electron chi connectivity index (χ2n) is 5.23. The SMILES string of the molecule is CC(Cc1ccccc1)C(=O)NCCCC(=O)CCC=O. The van der Waals surface area contributed by atoms with Crippen LogP contribution in [0.1, 0.15) is 38.2 Å². The van der Waals surface area contributed by atoms with Crippen LogP contribution in [0.3, 0.4) is 0 Å². The fourth-order valence-electron chi connectivity index (χ4n) is 2.08. The molecule has 4 nitrogen and oxygen atoms in total. The van der Waals surface area contributed by atoms with Crippen LogP contribution in [0.15, 0.2) is 30.3 Å². The summed E-state index contributed by atoms with van der Waals surface area (Å²) in [5.74, 6) is 0.00559. The van der Waals surface area contributed by atoms with Crippen molar-refractivity contribution in [1.82, 2.24) is 5.32 Å². The maximum absolute atomic E-state index is 11.9. The molecule has 1 N–H and O–H groups in total. The number of hydrogen-bond acceptors (Lipinski definition) is 3. The molecule has 0 aliphatic carbocycles. The zero-order chi connectivity index (χ0) is 15.5. The molecule has 0 aliphatic rings. The highest BCUT2D eigenvalue weighted by molar-refractivity contribution is 5.80. The lowest BCUT2D eigenvalue weighted by Crippen LogP contribution is -2.31. The monoisotopic (exact) mass is 289 g/mol. The topological polar surface area (TPSA) is 63.2 Å². The second kappa shape index (κ2) is 9.86. The molecule has 0 saturated heterocycles. The molecule has 0 fully saturated rings. The smallest absolute Gasteiger partial charge is 0.223 e. The Hall–Kier alpha value is -1.97. The molecule has 0 saturated carbocycles. The highest BCUT2D eigenvalue weighted by atomic mass is 16.2. The molecular formula is C17H23NO3. The van der Waals surface area contributed by atoms with Gasteiger partial charge in [0, 0.05) is 31.7 Å². The molecule has 0 radical (unpaired) electrons. The van der Waals surface area contributed by atoms with E-state index in [1.807, 2.05) is 37.3 Å². The lowest BCUT2D eigenvalue weighted by Gasteiger charge is -2.12. The van der Waals surface area contributed by atoms with Crippen molar-refractivity contribution in [2.45, 2.75) is 39.0 Å². The number of Topliss-reactive ketones (excluding diaryl/α,β-unsaturated/α-hetero) is 1. The number of amides is 1. The van der Waals surface area contributed by atoms with Crippen molar-refractivity contribution >= 4 is 18.0 Å². The van der Waals surface area contributed by atoms with Crippen molar-refractivity contribution in [2.24, 2.45) is 5.92 Å². The molecule has 0 aromatic heterocycles. The summed E-state index contributed by atoms with van der Waals surface area (Å²) < 4.78 is 0. The lowest BCUT2D eigenvalue weighted by molar-refractivity contribution is -0.125. The first-order chi connectivity index (χ1) is 10.1. The van der Waals surface area contributed by atoms with Gasteiger partial charge in [-0.3, -0.25) is 9.59 Å².